The van der Waals surface area contributed by atoms with Crippen molar-refractivity contribution < 1.29 is 18.0 Å². The van der Waals surface area contributed by atoms with Gasteiger partial charge in [-0.25, -0.2) is 0 Å². The number of benzene rings is 1. The van der Waals surface area contributed by atoms with Crippen LogP contribution in [0.1, 0.15) is 5.56 Å². The molecule has 0 unspecified atom stereocenters. The second-order valence-corrected chi connectivity index (χ2v) is 3.42. The number of hydrogen-bond acceptors (Lipinski definition) is 2. The Kier molecular flexibility index (Phi) is 3.64. The number of halogens is 4. The zero-order valence-electron chi connectivity index (χ0n) is 7.94. The number of nitrogens with two attached hydrogens (primary N) is 1. The second kappa shape index (κ2) is 4.61. The second-order valence-electron chi connectivity index (χ2n) is 3.01. The summed E-state index contributed by atoms with van der Waals surface area (Å²) in [4.78, 5) is 10.4. The number of anilines is 1. The number of primary amides is 1. The lowest BCUT2D eigenvalue weighted by atomic mass is 10.2. The normalized spacial score (nSPS) is 11.2. The molecule has 0 atom stereocenters. The van der Waals surface area contributed by atoms with Crippen molar-refractivity contribution in [1.29, 1.82) is 0 Å². The van der Waals surface area contributed by atoms with Crippen molar-refractivity contribution in [2.45, 2.75) is 6.18 Å². The van der Waals surface area contributed by atoms with Crippen molar-refractivity contribution in [2.24, 2.45) is 5.73 Å². The Morgan fingerprint density at radius 3 is 2.56 bits per heavy atom. The van der Waals surface area contributed by atoms with Crippen molar-refractivity contribution in [3.05, 3.63) is 28.8 Å². The summed E-state index contributed by atoms with van der Waals surface area (Å²) in [5.41, 5.74) is 4.02. The molecule has 7 heteroatoms. The maximum absolute atomic E-state index is 12.4. The van der Waals surface area contributed by atoms with Gasteiger partial charge >= 0.3 is 6.18 Å². The van der Waals surface area contributed by atoms with Crippen LogP contribution in [0.5, 0.6) is 0 Å². The van der Waals surface area contributed by atoms with Gasteiger partial charge in [0.15, 0.2) is 0 Å². The van der Waals surface area contributed by atoms with Crippen LogP contribution in [0.3, 0.4) is 0 Å². The van der Waals surface area contributed by atoms with E-state index in [1.807, 2.05) is 0 Å². The molecule has 0 saturated heterocycles. The van der Waals surface area contributed by atoms with Gasteiger partial charge in [-0.05, 0) is 18.2 Å². The highest BCUT2D eigenvalue weighted by Gasteiger charge is 2.33. The molecule has 0 fully saturated rings. The van der Waals surface area contributed by atoms with E-state index in [4.69, 9.17) is 17.3 Å². The van der Waals surface area contributed by atoms with E-state index in [0.29, 0.717) is 0 Å². The molecular weight excluding hydrogens is 245 g/mol. The first kappa shape index (κ1) is 12.6. The number of alkyl halides is 3. The molecule has 0 saturated carbocycles. The lowest BCUT2D eigenvalue weighted by molar-refractivity contribution is -0.137. The maximum atomic E-state index is 12.4. The predicted molar refractivity (Wildman–Crippen MR) is 54.1 cm³/mol. The zero-order valence-corrected chi connectivity index (χ0v) is 8.69. The van der Waals surface area contributed by atoms with Gasteiger partial charge in [-0.2, -0.15) is 13.2 Å². The van der Waals surface area contributed by atoms with E-state index >= 15 is 0 Å². The highest BCUT2D eigenvalue weighted by atomic mass is 35.5. The predicted octanol–water partition coefficient (Wildman–Crippen LogP) is 2.26. The van der Waals surface area contributed by atoms with Crippen molar-refractivity contribution >= 4 is 23.2 Å². The average molecular weight is 253 g/mol. The Balaban J connectivity index is 2.94. The Hall–Kier alpha value is -1.43. The zero-order chi connectivity index (χ0) is 12.3. The van der Waals surface area contributed by atoms with E-state index in [1.165, 1.54) is 6.07 Å². The fourth-order valence-corrected chi connectivity index (χ4v) is 1.27. The van der Waals surface area contributed by atoms with E-state index < -0.39 is 22.7 Å². The molecule has 0 bridgehead atoms. The van der Waals surface area contributed by atoms with Crippen LogP contribution in [0.2, 0.25) is 5.02 Å². The van der Waals surface area contributed by atoms with Crippen molar-refractivity contribution in [3.8, 4) is 0 Å². The molecule has 0 aliphatic heterocycles. The van der Waals surface area contributed by atoms with Crippen LogP contribution < -0.4 is 11.1 Å². The van der Waals surface area contributed by atoms with Gasteiger partial charge in [0.2, 0.25) is 5.91 Å². The van der Waals surface area contributed by atoms with Gasteiger partial charge in [-0.15, -0.1) is 0 Å². The van der Waals surface area contributed by atoms with Crippen molar-refractivity contribution in [2.75, 3.05) is 11.9 Å². The number of carbonyl (C=O) groups excluding carboxylic acids is 1. The van der Waals surface area contributed by atoms with E-state index in [-0.39, 0.29) is 12.2 Å². The van der Waals surface area contributed by atoms with Crippen LogP contribution in [-0.4, -0.2) is 12.5 Å². The first-order chi connectivity index (χ1) is 7.30. The number of carbonyl (C=O) groups is 1. The van der Waals surface area contributed by atoms with Gasteiger partial charge in [0, 0.05) is 5.69 Å². The molecule has 1 rings (SSSR count). The molecule has 0 spiro atoms. The molecule has 88 valence electrons. The number of hydrogen-bond donors (Lipinski definition) is 2. The number of amides is 1. The van der Waals surface area contributed by atoms with Crippen molar-refractivity contribution in [1.82, 2.24) is 0 Å². The van der Waals surface area contributed by atoms with E-state index in [0.717, 1.165) is 12.1 Å². The van der Waals surface area contributed by atoms with Crippen molar-refractivity contribution in [3.63, 3.8) is 0 Å². The summed E-state index contributed by atoms with van der Waals surface area (Å²) in [6.07, 6.45) is -4.53. The summed E-state index contributed by atoms with van der Waals surface area (Å²) in [6.45, 7) is -0.237. The highest BCUT2D eigenvalue weighted by molar-refractivity contribution is 6.31. The molecule has 0 aliphatic rings. The summed E-state index contributed by atoms with van der Waals surface area (Å²) in [6, 6.07) is 3.26. The molecule has 1 aromatic rings. The summed E-state index contributed by atoms with van der Waals surface area (Å²) < 4.78 is 37.3. The molecule has 1 aromatic carbocycles. The lowest BCUT2D eigenvalue weighted by Crippen LogP contribution is -2.22. The topological polar surface area (TPSA) is 55.1 Å². The molecule has 3 N–H and O–H groups in total. The highest BCUT2D eigenvalue weighted by Crippen LogP contribution is 2.36. The van der Waals surface area contributed by atoms with E-state index in [2.05, 4.69) is 5.32 Å². The first-order valence-corrected chi connectivity index (χ1v) is 4.57. The minimum absolute atomic E-state index is 0.135. The third-order valence-electron chi connectivity index (χ3n) is 1.74. The Morgan fingerprint density at radius 2 is 2.06 bits per heavy atom. The van der Waals surface area contributed by atoms with Gasteiger partial charge in [-0.3, -0.25) is 4.79 Å². The summed E-state index contributed by atoms with van der Waals surface area (Å²) in [5.74, 6) is -0.663. The van der Waals surface area contributed by atoms with Gasteiger partial charge in [0.05, 0.1) is 17.1 Å². The van der Waals surface area contributed by atoms with E-state index in [9.17, 15) is 18.0 Å². The monoisotopic (exact) mass is 252 g/mol. The average Bonchev–Trinajstić information content (AvgIpc) is 2.14. The van der Waals surface area contributed by atoms with Crippen LogP contribution in [0.25, 0.3) is 0 Å². The third-order valence-corrected chi connectivity index (χ3v) is 2.07. The molecule has 3 nitrogen and oxygen atoms in total. The first-order valence-electron chi connectivity index (χ1n) is 4.19. The van der Waals surface area contributed by atoms with Crippen LogP contribution in [0, 0.1) is 0 Å². The minimum atomic E-state index is -4.53. The minimum Gasteiger partial charge on any atom is -0.376 e. The molecular formula is C9H8ClF3N2O. The van der Waals surface area contributed by atoms with Crippen LogP contribution in [0.4, 0.5) is 18.9 Å². The van der Waals surface area contributed by atoms with Crippen LogP contribution >= 0.6 is 11.6 Å². The fourth-order valence-electron chi connectivity index (χ4n) is 1.04. The molecule has 0 radical (unpaired) electrons. The summed E-state index contributed by atoms with van der Waals surface area (Å²) in [5, 5.41) is 2.06. The van der Waals surface area contributed by atoms with Crippen LogP contribution in [0.15, 0.2) is 18.2 Å². The molecule has 0 aliphatic carbocycles. The molecule has 1 amide bonds. The van der Waals surface area contributed by atoms with Gasteiger partial charge in [-0.1, -0.05) is 11.6 Å². The molecule has 0 aromatic heterocycles. The Bertz CT molecular complexity index is 406. The smallest absolute Gasteiger partial charge is 0.376 e. The Labute approximate surface area is 94.4 Å². The maximum Gasteiger partial charge on any atom is 0.417 e. The largest absolute Gasteiger partial charge is 0.417 e. The molecule has 16 heavy (non-hydrogen) atoms. The SMILES string of the molecule is NC(=O)CNc1ccc(Cl)c(C(F)(F)F)c1. The quantitative estimate of drug-likeness (QED) is 0.867. The fraction of sp³-hybridized carbons (Fsp3) is 0.222. The molecule has 0 heterocycles. The van der Waals surface area contributed by atoms with Gasteiger partial charge < -0.3 is 11.1 Å². The number of rotatable bonds is 3. The number of nitrogens with one attached hydrogen (secondary N) is 1. The lowest BCUT2D eigenvalue weighted by Gasteiger charge is -2.11. The summed E-state index contributed by atoms with van der Waals surface area (Å²) >= 11 is 5.40. The Morgan fingerprint density at radius 1 is 1.44 bits per heavy atom. The van der Waals surface area contributed by atoms with Gasteiger partial charge in [0.1, 0.15) is 0 Å². The standard InChI is InChI=1S/C9H8ClF3N2O/c10-7-2-1-5(15-4-8(14)16)3-6(7)9(11,12)13/h1-3,15H,4H2,(H2,14,16). The van der Waals surface area contributed by atoms with Crippen LogP contribution in [-0.2, 0) is 11.0 Å². The third kappa shape index (κ3) is 3.30. The van der Waals surface area contributed by atoms with E-state index in [1.54, 1.807) is 0 Å². The summed E-state index contributed by atoms with van der Waals surface area (Å²) in [7, 11) is 0. The van der Waals surface area contributed by atoms with Gasteiger partial charge in [0.25, 0.3) is 0 Å².